The predicted molar refractivity (Wildman–Crippen MR) is 34.8 cm³/mol. The number of aliphatic hydroxyl groups excluding tert-OH is 4. The second-order valence-corrected chi connectivity index (χ2v) is 2.56. The minimum atomic E-state index is -1.10. The van der Waals surface area contributed by atoms with Crippen molar-refractivity contribution in [1.29, 1.82) is 0 Å². The van der Waals surface area contributed by atoms with Gasteiger partial charge in [-0.25, -0.2) is 0 Å². The van der Waals surface area contributed by atoms with Crippen molar-refractivity contribution in [3.63, 3.8) is 0 Å². The van der Waals surface area contributed by atoms with Crippen LogP contribution in [-0.2, 0) is 4.74 Å². The van der Waals surface area contributed by atoms with Crippen molar-refractivity contribution in [2.45, 2.75) is 24.4 Å². The summed E-state index contributed by atoms with van der Waals surface area (Å²) in [6.45, 7) is -0.705. The number of hydrogen-bond acceptors (Lipinski definition) is 5. The van der Waals surface area contributed by atoms with Gasteiger partial charge in [0.25, 0.3) is 0 Å². The van der Waals surface area contributed by atoms with Crippen LogP contribution in [0.15, 0.2) is 0 Å². The molecule has 5 heteroatoms. The van der Waals surface area contributed by atoms with Crippen LogP contribution in [-0.4, -0.2) is 58.1 Å². The fourth-order valence-corrected chi connectivity index (χ4v) is 1.13. The van der Waals surface area contributed by atoms with E-state index >= 15 is 0 Å². The lowest BCUT2D eigenvalue weighted by Crippen LogP contribution is -2.34. The highest BCUT2D eigenvalue weighted by molar-refractivity contribution is 4.89. The average Bonchev–Trinajstić information content (AvgIpc) is 2.30. The Hall–Kier alpha value is -0.200. The second kappa shape index (κ2) is 3.46. The monoisotopic (exact) mass is 164 g/mol. The zero-order valence-electron chi connectivity index (χ0n) is 5.92. The fourth-order valence-electron chi connectivity index (χ4n) is 1.13. The molecule has 1 unspecified atom stereocenters. The third-order valence-corrected chi connectivity index (χ3v) is 1.82. The predicted octanol–water partition coefficient (Wildman–Crippen LogP) is -2.54. The maximum atomic E-state index is 9.11. The summed E-state index contributed by atoms with van der Waals surface area (Å²) < 4.78 is 4.88. The second-order valence-electron chi connectivity index (χ2n) is 2.56. The summed E-state index contributed by atoms with van der Waals surface area (Å²) in [6.07, 6.45) is -3.75. The summed E-state index contributed by atoms with van der Waals surface area (Å²) in [6, 6.07) is 0. The van der Waals surface area contributed by atoms with E-state index in [1.807, 2.05) is 0 Å². The molecule has 0 radical (unpaired) electrons. The van der Waals surface area contributed by atoms with Crippen molar-refractivity contribution in [3.05, 3.63) is 0 Å². The van der Waals surface area contributed by atoms with Crippen molar-refractivity contribution < 1.29 is 25.2 Å². The Labute approximate surface area is 63.8 Å². The van der Waals surface area contributed by atoms with Gasteiger partial charge < -0.3 is 25.2 Å². The summed E-state index contributed by atoms with van der Waals surface area (Å²) in [4.78, 5) is 0. The molecule has 5 nitrogen and oxygen atoms in total. The Balaban J connectivity index is 2.53. The van der Waals surface area contributed by atoms with Gasteiger partial charge in [-0.15, -0.1) is 0 Å². The summed E-state index contributed by atoms with van der Waals surface area (Å²) >= 11 is 0. The number of hydrogen-bond donors (Lipinski definition) is 4. The van der Waals surface area contributed by atoms with Crippen LogP contribution in [0.25, 0.3) is 0 Å². The molecular formula is C6H12O5. The summed E-state index contributed by atoms with van der Waals surface area (Å²) in [5, 5.41) is 35.4. The Morgan fingerprint density at radius 2 is 1.27 bits per heavy atom. The van der Waals surface area contributed by atoms with Crippen molar-refractivity contribution in [2.24, 2.45) is 0 Å². The van der Waals surface area contributed by atoms with Crippen LogP contribution in [0.3, 0.4) is 0 Å². The van der Waals surface area contributed by atoms with Gasteiger partial charge in [0.1, 0.15) is 24.4 Å². The Morgan fingerprint density at radius 1 is 0.909 bits per heavy atom. The normalized spacial score (nSPS) is 44.7. The number of ether oxygens (including phenoxy) is 1. The Morgan fingerprint density at radius 3 is 1.45 bits per heavy atom. The molecule has 0 spiro atoms. The highest BCUT2D eigenvalue weighted by Gasteiger charge is 2.41. The topological polar surface area (TPSA) is 90.2 Å². The van der Waals surface area contributed by atoms with Crippen LogP contribution in [0.2, 0.25) is 0 Å². The molecule has 4 N–H and O–H groups in total. The lowest BCUT2D eigenvalue weighted by Gasteiger charge is -2.10. The molecule has 0 aliphatic carbocycles. The molecule has 4 atom stereocenters. The lowest BCUT2D eigenvalue weighted by atomic mass is 10.1. The molecule has 1 fully saturated rings. The van der Waals surface area contributed by atoms with Crippen LogP contribution in [0.4, 0.5) is 0 Å². The van der Waals surface area contributed by atoms with Gasteiger partial charge in [-0.3, -0.25) is 0 Å². The average molecular weight is 164 g/mol. The smallest absolute Gasteiger partial charge is 0.111 e. The highest BCUT2D eigenvalue weighted by atomic mass is 16.6. The molecule has 1 heterocycles. The van der Waals surface area contributed by atoms with Gasteiger partial charge in [-0.1, -0.05) is 0 Å². The Kier molecular flexibility index (Phi) is 2.80. The van der Waals surface area contributed by atoms with Crippen LogP contribution < -0.4 is 0 Å². The van der Waals surface area contributed by atoms with E-state index in [1.54, 1.807) is 0 Å². The maximum absolute atomic E-state index is 9.11. The van der Waals surface area contributed by atoms with Crippen LogP contribution in [0.5, 0.6) is 0 Å². The quantitative estimate of drug-likeness (QED) is 0.361. The molecule has 0 amide bonds. The van der Waals surface area contributed by atoms with Crippen LogP contribution in [0, 0.1) is 0 Å². The van der Waals surface area contributed by atoms with E-state index in [0.717, 1.165) is 0 Å². The van der Waals surface area contributed by atoms with E-state index < -0.39 is 24.4 Å². The molecule has 0 aromatic carbocycles. The minimum absolute atomic E-state index is 0.352. The molecule has 0 bridgehead atoms. The first-order valence-corrected chi connectivity index (χ1v) is 3.44. The standard InChI is InChI=1S/C6H12O5/c7-1-3-5(9)6(10)4(2-8)11-3/h3-10H,1-2H2/t3-,4?,5-,6+/m1/s1. The largest absolute Gasteiger partial charge is 0.394 e. The maximum Gasteiger partial charge on any atom is 0.111 e. The van der Waals surface area contributed by atoms with Gasteiger partial charge in [0.05, 0.1) is 13.2 Å². The van der Waals surface area contributed by atoms with Gasteiger partial charge in [0, 0.05) is 0 Å². The first-order chi connectivity index (χ1) is 5.20. The van der Waals surface area contributed by atoms with Crippen molar-refractivity contribution >= 4 is 0 Å². The molecule has 0 aromatic heterocycles. The Bertz CT molecular complexity index is 110. The molecule has 1 aliphatic rings. The van der Waals surface area contributed by atoms with Crippen LogP contribution >= 0.6 is 0 Å². The summed E-state index contributed by atoms with van der Waals surface area (Å²) in [5.41, 5.74) is 0. The summed E-state index contributed by atoms with van der Waals surface area (Å²) in [7, 11) is 0. The minimum Gasteiger partial charge on any atom is -0.394 e. The lowest BCUT2D eigenvalue weighted by molar-refractivity contribution is -0.0395. The summed E-state index contributed by atoms with van der Waals surface area (Å²) in [5.74, 6) is 0. The van der Waals surface area contributed by atoms with E-state index in [0.29, 0.717) is 0 Å². The molecule has 1 rings (SSSR count). The highest BCUT2D eigenvalue weighted by Crippen LogP contribution is 2.20. The van der Waals surface area contributed by atoms with Crippen molar-refractivity contribution in [1.82, 2.24) is 0 Å². The first kappa shape index (κ1) is 8.89. The van der Waals surface area contributed by atoms with Gasteiger partial charge >= 0.3 is 0 Å². The van der Waals surface area contributed by atoms with Crippen molar-refractivity contribution in [2.75, 3.05) is 13.2 Å². The van der Waals surface area contributed by atoms with Gasteiger partial charge in [0.2, 0.25) is 0 Å². The third-order valence-electron chi connectivity index (χ3n) is 1.82. The molecule has 66 valence electrons. The molecule has 0 saturated carbocycles. The zero-order chi connectivity index (χ0) is 8.43. The van der Waals surface area contributed by atoms with E-state index in [1.165, 1.54) is 0 Å². The first-order valence-electron chi connectivity index (χ1n) is 3.44. The number of rotatable bonds is 2. The number of aliphatic hydroxyl groups is 4. The molecular weight excluding hydrogens is 152 g/mol. The zero-order valence-corrected chi connectivity index (χ0v) is 5.92. The molecule has 11 heavy (non-hydrogen) atoms. The van der Waals surface area contributed by atoms with Gasteiger partial charge in [-0.05, 0) is 0 Å². The molecule has 1 saturated heterocycles. The van der Waals surface area contributed by atoms with Crippen LogP contribution in [0.1, 0.15) is 0 Å². The fraction of sp³-hybridized carbons (Fsp3) is 1.00. The van der Waals surface area contributed by atoms with E-state index in [2.05, 4.69) is 0 Å². The van der Waals surface area contributed by atoms with Gasteiger partial charge in [0.15, 0.2) is 0 Å². The molecule has 0 aromatic rings. The third kappa shape index (κ3) is 1.52. The van der Waals surface area contributed by atoms with E-state index in [9.17, 15) is 0 Å². The SMILES string of the molecule is OCC1O[C@H](CO)[C@@H](O)[C@H]1O. The molecule has 1 aliphatic heterocycles. The van der Waals surface area contributed by atoms with Gasteiger partial charge in [-0.2, -0.15) is 0 Å². The van der Waals surface area contributed by atoms with Crippen molar-refractivity contribution in [3.8, 4) is 0 Å². The van der Waals surface area contributed by atoms with E-state index in [4.69, 9.17) is 25.2 Å². The van der Waals surface area contributed by atoms with E-state index in [-0.39, 0.29) is 13.2 Å².